The maximum Gasteiger partial charge on any atom is 0.0795 e. The van der Waals surface area contributed by atoms with E-state index in [1.54, 1.807) is 0 Å². The molecule has 3 rings (SSSR count). The lowest BCUT2D eigenvalue weighted by Gasteiger charge is -2.57. The standard InChI is InChI=1S/C17H31NO2S/c1-4-17(5-2)14(10-15(17)19-3)18-13-6-8-20-16(11-13)7-9-21-12-16/h13-15,18H,4-12H2,1-3H3/t13-,14-,15+,16-/m1/s1. The molecule has 3 nitrogen and oxygen atoms in total. The van der Waals surface area contributed by atoms with Crippen molar-refractivity contribution in [1.29, 1.82) is 0 Å². The highest BCUT2D eigenvalue weighted by atomic mass is 32.2. The topological polar surface area (TPSA) is 30.5 Å². The van der Waals surface area contributed by atoms with Crippen molar-refractivity contribution < 1.29 is 9.47 Å². The van der Waals surface area contributed by atoms with Crippen LogP contribution in [0.1, 0.15) is 52.4 Å². The van der Waals surface area contributed by atoms with Crippen molar-refractivity contribution in [3.05, 3.63) is 0 Å². The number of methoxy groups -OCH3 is 1. The largest absolute Gasteiger partial charge is 0.381 e. The Morgan fingerprint density at radius 3 is 2.76 bits per heavy atom. The second kappa shape index (κ2) is 6.38. The van der Waals surface area contributed by atoms with Crippen molar-refractivity contribution in [2.24, 2.45) is 5.41 Å². The highest BCUT2D eigenvalue weighted by molar-refractivity contribution is 7.99. The minimum atomic E-state index is 0.187. The average molecular weight is 314 g/mol. The molecule has 1 spiro atoms. The number of hydrogen-bond donors (Lipinski definition) is 1. The highest BCUT2D eigenvalue weighted by Crippen LogP contribution is 2.49. The van der Waals surface area contributed by atoms with Crippen molar-refractivity contribution in [3.63, 3.8) is 0 Å². The summed E-state index contributed by atoms with van der Waals surface area (Å²) in [5, 5.41) is 3.99. The monoisotopic (exact) mass is 313 g/mol. The van der Waals surface area contributed by atoms with Gasteiger partial charge in [0.05, 0.1) is 11.7 Å². The van der Waals surface area contributed by atoms with E-state index >= 15 is 0 Å². The molecule has 0 aromatic carbocycles. The Balaban J connectivity index is 1.61. The molecule has 122 valence electrons. The predicted molar refractivity (Wildman–Crippen MR) is 89.0 cm³/mol. The lowest BCUT2D eigenvalue weighted by atomic mass is 9.58. The summed E-state index contributed by atoms with van der Waals surface area (Å²) >= 11 is 2.06. The molecule has 0 amide bonds. The van der Waals surface area contributed by atoms with Crippen LogP contribution in [0.3, 0.4) is 0 Å². The van der Waals surface area contributed by atoms with E-state index in [9.17, 15) is 0 Å². The second-order valence-electron chi connectivity index (χ2n) is 7.14. The zero-order chi connectivity index (χ0) is 14.9. The lowest BCUT2D eigenvalue weighted by molar-refractivity contribution is -0.134. The van der Waals surface area contributed by atoms with Crippen LogP contribution in [0.15, 0.2) is 0 Å². The molecule has 3 fully saturated rings. The average Bonchev–Trinajstić information content (AvgIpc) is 2.92. The summed E-state index contributed by atoms with van der Waals surface area (Å²) in [7, 11) is 1.88. The van der Waals surface area contributed by atoms with Crippen LogP contribution in [-0.4, -0.2) is 49.0 Å². The normalized spacial score (nSPS) is 42.1. The Labute approximate surface area is 133 Å². The summed E-state index contributed by atoms with van der Waals surface area (Å²) in [6.45, 7) is 5.58. The van der Waals surface area contributed by atoms with Crippen LogP contribution < -0.4 is 5.32 Å². The maximum atomic E-state index is 6.15. The minimum Gasteiger partial charge on any atom is -0.381 e. The van der Waals surface area contributed by atoms with Crippen LogP contribution in [-0.2, 0) is 9.47 Å². The van der Waals surface area contributed by atoms with Crippen molar-refractivity contribution >= 4 is 11.8 Å². The van der Waals surface area contributed by atoms with E-state index in [1.807, 2.05) is 7.11 Å². The van der Waals surface area contributed by atoms with Gasteiger partial charge in [-0.3, -0.25) is 0 Å². The fourth-order valence-electron chi connectivity index (χ4n) is 4.83. The highest BCUT2D eigenvalue weighted by Gasteiger charge is 2.54. The van der Waals surface area contributed by atoms with E-state index in [1.165, 1.54) is 50.0 Å². The Morgan fingerprint density at radius 1 is 1.33 bits per heavy atom. The van der Waals surface area contributed by atoms with Crippen molar-refractivity contribution in [2.45, 2.75) is 76.2 Å². The maximum absolute atomic E-state index is 6.15. The third kappa shape index (κ3) is 2.77. The van der Waals surface area contributed by atoms with E-state index in [2.05, 4.69) is 30.9 Å². The molecule has 1 N–H and O–H groups in total. The van der Waals surface area contributed by atoms with Crippen molar-refractivity contribution in [3.8, 4) is 0 Å². The van der Waals surface area contributed by atoms with E-state index in [0.29, 0.717) is 23.6 Å². The predicted octanol–water partition coefficient (Wildman–Crippen LogP) is 3.22. The molecule has 2 heterocycles. The number of thioether (sulfide) groups is 1. The van der Waals surface area contributed by atoms with Gasteiger partial charge in [-0.15, -0.1) is 0 Å². The summed E-state index contributed by atoms with van der Waals surface area (Å²) in [4.78, 5) is 0. The van der Waals surface area contributed by atoms with Gasteiger partial charge in [0.25, 0.3) is 0 Å². The fourth-order valence-corrected chi connectivity index (χ4v) is 6.21. The van der Waals surface area contributed by atoms with E-state index in [4.69, 9.17) is 9.47 Å². The van der Waals surface area contributed by atoms with Crippen LogP contribution in [0.25, 0.3) is 0 Å². The van der Waals surface area contributed by atoms with Gasteiger partial charge in [0.1, 0.15) is 0 Å². The Hall–Kier alpha value is 0.230. The summed E-state index contributed by atoms with van der Waals surface area (Å²) in [6.07, 6.45) is 7.67. The molecular weight excluding hydrogens is 282 g/mol. The molecule has 4 heteroatoms. The van der Waals surface area contributed by atoms with Gasteiger partial charge >= 0.3 is 0 Å². The van der Waals surface area contributed by atoms with Gasteiger partial charge in [-0.2, -0.15) is 11.8 Å². The molecule has 2 aliphatic heterocycles. The molecule has 0 radical (unpaired) electrons. The molecule has 0 aromatic rings. The summed E-state index contributed by atoms with van der Waals surface area (Å²) < 4.78 is 11.9. The molecular formula is C17H31NO2S. The zero-order valence-electron chi connectivity index (χ0n) is 13.8. The van der Waals surface area contributed by atoms with Gasteiger partial charge in [-0.1, -0.05) is 13.8 Å². The van der Waals surface area contributed by atoms with Gasteiger partial charge in [-0.25, -0.2) is 0 Å². The molecule has 3 aliphatic rings. The van der Waals surface area contributed by atoms with Gasteiger partial charge < -0.3 is 14.8 Å². The molecule has 21 heavy (non-hydrogen) atoms. The van der Waals surface area contributed by atoms with Crippen LogP contribution in [0, 0.1) is 5.41 Å². The third-order valence-corrected chi connectivity index (χ3v) is 7.61. The Kier molecular flexibility index (Phi) is 4.90. The van der Waals surface area contributed by atoms with Crippen LogP contribution in [0.5, 0.6) is 0 Å². The molecule has 0 bridgehead atoms. The number of ether oxygens (including phenoxy) is 2. The lowest BCUT2D eigenvalue weighted by Crippen LogP contribution is -2.66. The van der Waals surface area contributed by atoms with E-state index in [0.717, 1.165) is 6.61 Å². The van der Waals surface area contributed by atoms with Gasteiger partial charge in [0.2, 0.25) is 0 Å². The third-order valence-electron chi connectivity index (χ3n) is 6.38. The molecule has 0 unspecified atom stereocenters. The van der Waals surface area contributed by atoms with Crippen molar-refractivity contribution in [2.75, 3.05) is 25.2 Å². The second-order valence-corrected chi connectivity index (χ2v) is 8.25. The summed E-state index contributed by atoms with van der Waals surface area (Å²) in [6, 6.07) is 1.27. The quantitative estimate of drug-likeness (QED) is 0.844. The first kappa shape index (κ1) is 16.1. The smallest absolute Gasteiger partial charge is 0.0795 e. The summed E-state index contributed by atoms with van der Waals surface area (Å²) in [5.74, 6) is 2.47. The van der Waals surface area contributed by atoms with Gasteiger partial charge in [0, 0.05) is 37.0 Å². The first-order valence-corrected chi connectivity index (χ1v) is 9.84. The van der Waals surface area contributed by atoms with E-state index in [-0.39, 0.29) is 5.60 Å². The summed E-state index contributed by atoms with van der Waals surface area (Å²) in [5.41, 5.74) is 0.538. The van der Waals surface area contributed by atoms with Crippen LogP contribution in [0.4, 0.5) is 0 Å². The SMILES string of the molecule is CCC1(CC)[C@@H](OC)C[C@H]1N[C@@H]1CCO[C@]2(CCSC2)C1. The molecule has 1 saturated carbocycles. The first-order valence-electron chi connectivity index (χ1n) is 8.68. The van der Waals surface area contributed by atoms with E-state index < -0.39 is 0 Å². The number of hydrogen-bond acceptors (Lipinski definition) is 4. The molecule has 2 saturated heterocycles. The Morgan fingerprint density at radius 2 is 2.14 bits per heavy atom. The first-order chi connectivity index (χ1) is 10.2. The van der Waals surface area contributed by atoms with Crippen molar-refractivity contribution in [1.82, 2.24) is 5.32 Å². The number of nitrogens with one attached hydrogen (secondary N) is 1. The Bertz CT molecular complexity index is 353. The molecule has 0 aromatic heterocycles. The zero-order valence-corrected chi connectivity index (χ0v) is 14.6. The number of rotatable bonds is 5. The molecule has 1 aliphatic carbocycles. The van der Waals surface area contributed by atoms with Gasteiger partial charge in [-0.05, 0) is 44.3 Å². The minimum absolute atomic E-state index is 0.187. The van der Waals surface area contributed by atoms with Crippen LogP contribution in [0.2, 0.25) is 0 Å². The van der Waals surface area contributed by atoms with Crippen LogP contribution >= 0.6 is 11.8 Å². The molecule has 4 atom stereocenters. The fraction of sp³-hybridized carbons (Fsp3) is 1.00. The van der Waals surface area contributed by atoms with Gasteiger partial charge in [0.15, 0.2) is 0 Å².